The van der Waals surface area contributed by atoms with Crippen LogP contribution in [0.4, 0.5) is 0 Å². The summed E-state index contributed by atoms with van der Waals surface area (Å²) in [6.45, 7) is 4.56. The van der Waals surface area contributed by atoms with Crippen LogP contribution in [0.1, 0.15) is 22.5 Å². The van der Waals surface area contributed by atoms with E-state index in [0.717, 1.165) is 34.6 Å². The number of benzene rings is 1. The molecule has 0 atom stereocenters. The third-order valence-corrected chi connectivity index (χ3v) is 4.24. The van der Waals surface area contributed by atoms with Crippen LogP contribution in [0.3, 0.4) is 0 Å². The van der Waals surface area contributed by atoms with Gasteiger partial charge >= 0.3 is 0 Å². The topological polar surface area (TPSA) is 59.8 Å². The molecule has 0 saturated heterocycles. The fraction of sp³-hybridized carbons (Fsp3) is 0.250. The summed E-state index contributed by atoms with van der Waals surface area (Å²) in [5.41, 5.74) is 5.01. The molecule has 5 heteroatoms. The number of amides is 1. The van der Waals surface area contributed by atoms with Gasteiger partial charge in [0, 0.05) is 30.2 Å². The van der Waals surface area contributed by atoms with E-state index in [0.29, 0.717) is 13.0 Å². The van der Waals surface area contributed by atoms with Crippen molar-refractivity contribution in [2.45, 2.75) is 26.7 Å². The number of hydrogen-bond donors (Lipinski definition) is 1. The van der Waals surface area contributed by atoms with E-state index < -0.39 is 0 Å². The first-order chi connectivity index (χ1) is 12.1. The predicted octanol–water partition coefficient (Wildman–Crippen LogP) is 2.79. The van der Waals surface area contributed by atoms with E-state index in [9.17, 15) is 4.79 Å². The van der Waals surface area contributed by atoms with Crippen LogP contribution in [0.25, 0.3) is 5.69 Å². The third kappa shape index (κ3) is 4.12. The number of para-hydroxylation sites is 1. The molecule has 1 aromatic carbocycles. The molecule has 0 aliphatic carbocycles. The second-order valence-corrected chi connectivity index (χ2v) is 6.03. The van der Waals surface area contributed by atoms with Crippen molar-refractivity contribution in [1.82, 2.24) is 20.1 Å². The van der Waals surface area contributed by atoms with Crippen molar-refractivity contribution in [1.29, 1.82) is 0 Å². The summed E-state index contributed by atoms with van der Waals surface area (Å²) < 4.78 is 1.90. The first-order valence-corrected chi connectivity index (χ1v) is 8.41. The number of hydrogen-bond acceptors (Lipinski definition) is 3. The van der Waals surface area contributed by atoms with Crippen molar-refractivity contribution in [3.63, 3.8) is 0 Å². The van der Waals surface area contributed by atoms with Crippen LogP contribution in [0.2, 0.25) is 0 Å². The van der Waals surface area contributed by atoms with Gasteiger partial charge in [0.2, 0.25) is 5.91 Å². The zero-order chi connectivity index (χ0) is 17.6. The first-order valence-electron chi connectivity index (χ1n) is 8.41. The molecule has 0 saturated carbocycles. The number of rotatable bonds is 6. The van der Waals surface area contributed by atoms with Gasteiger partial charge in [-0.2, -0.15) is 5.10 Å². The van der Waals surface area contributed by atoms with Crippen molar-refractivity contribution in [2.24, 2.45) is 0 Å². The first kappa shape index (κ1) is 16.9. The van der Waals surface area contributed by atoms with Gasteiger partial charge in [-0.3, -0.25) is 9.78 Å². The Labute approximate surface area is 147 Å². The smallest absolute Gasteiger partial charge is 0.224 e. The molecule has 5 nitrogen and oxygen atoms in total. The molecule has 1 N–H and O–H groups in total. The fourth-order valence-corrected chi connectivity index (χ4v) is 2.87. The van der Waals surface area contributed by atoms with Crippen molar-refractivity contribution in [2.75, 3.05) is 6.54 Å². The van der Waals surface area contributed by atoms with E-state index in [1.54, 1.807) is 6.20 Å². The van der Waals surface area contributed by atoms with Crippen LogP contribution in [0.15, 0.2) is 54.9 Å². The molecule has 0 unspecified atom stereocenters. The third-order valence-electron chi connectivity index (χ3n) is 4.24. The number of carbonyl (C=O) groups excluding carboxylic acids is 1. The Morgan fingerprint density at radius 2 is 1.92 bits per heavy atom. The van der Waals surface area contributed by atoms with Crippen LogP contribution in [0.5, 0.6) is 0 Å². The van der Waals surface area contributed by atoms with E-state index in [2.05, 4.69) is 15.4 Å². The molecule has 0 aliphatic heterocycles. The van der Waals surface area contributed by atoms with Gasteiger partial charge in [0.1, 0.15) is 0 Å². The molecule has 0 aliphatic rings. The Bertz CT molecular complexity index is 841. The number of aryl methyl sites for hydroxylation is 1. The van der Waals surface area contributed by atoms with Gasteiger partial charge in [-0.15, -0.1) is 0 Å². The normalized spacial score (nSPS) is 10.6. The molecule has 3 aromatic rings. The Morgan fingerprint density at radius 3 is 2.64 bits per heavy atom. The second-order valence-electron chi connectivity index (χ2n) is 6.03. The monoisotopic (exact) mass is 334 g/mol. The summed E-state index contributed by atoms with van der Waals surface area (Å²) in [4.78, 5) is 16.4. The lowest BCUT2D eigenvalue weighted by molar-refractivity contribution is -0.120. The van der Waals surface area contributed by atoms with Crippen LogP contribution < -0.4 is 5.32 Å². The Balaban J connectivity index is 1.63. The van der Waals surface area contributed by atoms with Gasteiger partial charge in [-0.1, -0.05) is 24.3 Å². The van der Waals surface area contributed by atoms with Crippen molar-refractivity contribution < 1.29 is 4.79 Å². The zero-order valence-corrected chi connectivity index (χ0v) is 14.6. The number of pyridine rings is 1. The molecule has 3 rings (SSSR count). The van der Waals surface area contributed by atoms with Crippen molar-refractivity contribution >= 4 is 5.91 Å². The highest BCUT2D eigenvalue weighted by molar-refractivity contribution is 5.79. The SMILES string of the molecule is Cc1nn(-c2ccccc2)c(C)c1CC(=O)NCCc1cccnc1. The van der Waals surface area contributed by atoms with Crippen LogP contribution in [-0.4, -0.2) is 27.2 Å². The van der Waals surface area contributed by atoms with Crippen LogP contribution in [-0.2, 0) is 17.6 Å². The number of aromatic nitrogens is 3. The molecule has 0 fully saturated rings. The maximum absolute atomic E-state index is 12.3. The van der Waals surface area contributed by atoms with Gasteiger partial charge in [0.25, 0.3) is 0 Å². The standard InChI is InChI=1S/C20H22N4O/c1-15-19(16(2)24(23-15)18-8-4-3-5-9-18)13-20(25)22-12-10-17-7-6-11-21-14-17/h3-9,11,14H,10,12-13H2,1-2H3,(H,22,25). The highest BCUT2D eigenvalue weighted by atomic mass is 16.1. The number of carbonyl (C=O) groups is 1. The van der Waals surface area contributed by atoms with Crippen molar-refractivity contribution in [3.05, 3.63) is 77.4 Å². The predicted molar refractivity (Wildman–Crippen MR) is 97.7 cm³/mol. The Kier molecular flexibility index (Phi) is 5.23. The van der Waals surface area contributed by atoms with Crippen LogP contribution in [0, 0.1) is 13.8 Å². The molecule has 1 amide bonds. The molecule has 0 bridgehead atoms. The summed E-state index contributed by atoms with van der Waals surface area (Å²) in [5.74, 6) is 0.0164. The lowest BCUT2D eigenvalue weighted by atomic mass is 10.1. The van der Waals surface area contributed by atoms with E-state index >= 15 is 0 Å². The van der Waals surface area contributed by atoms with Gasteiger partial charge in [-0.05, 0) is 44.0 Å². The Hall–Kier alpha value is -2.95. The lowest BCUT2D eigenvalue weighted by Gasteiger charge is -2.07. The van der Waals surface area contributed by atoms with Gasteiger partial charge in [0.15, 0.2) is 0 Å². The largest absolute Gasteiger partial charge is 0.355 e. The molecule has 0 spiro atoms. The van der Waals surface area contributed by atoms with E-state index in [-0.39, 0.29) is 5.91 Å². The molecular weight excluding hydrogens is 312 g/mol. The van der Waals surface area contributed by atoms with E-state index in [4.69, 9.17) is 0 Å². The fourth-order valence-electron chi connectivity index (χ4n) is 2.87. The van der Waals surface area contributed by atoms with Gasteiger partial charge in [-0.25, -0.2) is 4.68 Å². The summed E-state index contributed by atoms with van der Waals surface area (Å²) in [5, 5.41) is 7.57. The van der Waals surface area contributed by atoms with E-state index in [1.165, 1.54) is 0 Å². The minimum Gasteiger partial charge on any atom is -0.355 e. The minimum atomic E-state index is 0.0164. The highest BCUT2D eigenvalue weighted by Crippen LogP contribution is 2.18. The van der Waals surface area contributed by atoms with Crippen LogP contribution >= 0.6 is 0 Å². The molecule has 128 valence electrons. The number of nitrogens with zero attached hydrogens (tertiary/aromatic N) is 3. The maximum Gasteiger partial charge on any atom is 0.224 e. The second kappa shape index (κ2) is 7.75. The molecule has 0 radical (unpaired) electrons. The Morgan fingerprint density at radius 1 is 1.12 bits per heavy atom. The molecule has 2 heterocycles. The van der Waals surface area contributed by atoms with Gasteiger partial charge in [0.05, 0.1) is 17.8 Å². The number of nitrogens with one attached hydrogen (secondary N) is 1. The summed E-state index contributed by atoms with van der Waals surface area (Å²) >= 11 is 0. The average molecular weight is 334 g/mol. The molecular formula is C20H22N4O. The minimum absolute atomic E-state index is 0.0164. The van der Waals surface area contributed by atoms with Crippen molar-refractivity contribution in [3.8, 4) is 5.69 Å². The lowest BCUT2D eigenvalue weighted by Crippen LogP contribution is -2.27. The highest BCUT2D eigenvalue weighted by Gasteiger charge is 2.15. The van der Waals surface area contributed by atoms with E-state index in [1.807, 2.05) is 67.2 Å². The summed E-state index contributed by atoms with van der Waals surface area (Å²) in [7, 11) is 0. The molecule has 2 aromatic heterocycles. The maximum atomic E-state index is 12.3. The average Bonchev–Trinajstić information content (AvgIpc) is 2.91. The summed E-state index contributed by atoms with van der Waals surface area (Å²) in [6.07, 6.45) is 4.70. The zero-order valence-electron chi connectivity index (χ0n) is 14.6. The van der Waals surface area contributed by atoms with Gasteiger partial charge < -0.3 is 5.32 Å². The molecule has 25 heavy (non-hydrogen) atoms. The quantitative estimate of drug-likeness (QED) is 0.754. The summed E-state index contributed by atoms with van der Waals surface area (Å²) in [6, 6.07) is 13.9.